The molecule has 104 valence electrons. The molecule has 2 aliphatic rings. The first kappa shape index (κ1) is 13.9. The molecule has 0 spiro atoms. The number of amides is 1. The Bertz CT molecular complexity index is 282. The molecule has 0 aromatic rings. The Morgan fingerprint density at radius 2 is 1.83 bits per heavy atom. The van der Waals surface area contributed by atoms with E-state index >= 15 is 0 Å². The zero-order valence-electron chi connectivity index (χ0n) is 11.6. The molecule has 0 heterocycles. The van der Waals surface area contributed by atoms with Crippen molar-refractivity contribution >= 4 is 5.91 Å². The van der Waals surface area contributed by atoms with Gasteiger partial charge in [0.15, 0.2) is 0 Å². The summed E-state index contributed by atoms with van der Waals surface area (Å²) in [7, 11) is 0. The normalized spacial score (nSPS) is 31.9. The van der Waals surface area contributed by atoms with Crippen LogP contribution in [0.5, 0.6) is 0 Å². The lowest BCUT2D eigenvalue weighted by molar-refractivity contribution is -0.127. The van der Waals surface area contributed by atoms with Crippen LogP contribution in [-0.2, 0) is 4.79 Å². The van der Waals surface area contributed by atoms with Gasteiger partial charge in [0.05, 0.1) is 5.60 Å². The van der Waals surface area contributed by atoms with Gasteiger partial charge in [0, 0.05) is 12.5 Å². The SMILES string of the molecule is CC1CCCC1C(=O)NCC1(O)CCCCCC1. The van der Waals surface area contributed by atoms with Gasteiger partial charge in [0.2, 0.25) is 5.91 Å². The summed E-state index contributed by atoms with van der Waals surface area (Å²) in [5.41, 5.74) is -0.645. The third-order valence-electron chi connectivity index (χ3n) is 4.82. The van der Waals surface area contributed by atoms with Crippen LogP contribution in [0.3, 0.4) is 0 Å². The molecular formula is C15H27NO2. The summed E-state index contributed by atoms with van der Waals surface area (Å²) in [5, 5.41) is 13.5. The Labute approximate surface area is 110 Å². The monoisotopic (exact) mass is 253 g/mol. The highest BCUT2D eigenvalue weighted by Gasteiger charge is 2.32. The van der Waals surface area contributed by atoms with Gasteiger partial charge in [0.25, 0.3) is 0 Å². The van der Waals surface area contributed by atoms with Crippen molar-refractivity contribution in [2.24, 2.45) is 11.8 Å². The van der Waals surface area contributed by atoms with E-state index in [1.165, 1.54) is 25.7 Å². The predicted molar refractivity (Wildman–Crippen MR) is 72.2 cm³/mol. The zero-order chi connectivity index (χ0) is 13.0. The molecule has 2 saturated carbocycles. The van der Waals surface area contributed by atoms with E-state index in [0.717, 1.165) is 32.1 Å². The van der Waals surface area contributed by atoms with Gasteiger partial charge in [-0.2, -0.15) is 0 Å². The lowest BCUT2D eigenvalue weighted by atomic mass is 9.93. The van der Waals surface area contributed by atoms with E-state index in [9.17, 15) is 9.90 Å². The van der Waals surface area contributed by atoms with Crippen molar-refractivity contribution in [1.82, 2.24) is 5.32 Å². The lowest BCUT2D eigenvalue weighted by Gasteiger charge is -2.28. The van der Waals surface area contributed by atoms with Gasteiger partial charge >= 0.3 is 0 Å². The number of rotatable bonds is 3. The number of hydrogen-bond acceptors (Lipinski definition) is 2. The first-order valence-corrected chi connectivity index (χ1v) is 7.61. The van der Waals surface area contributed by atoms with Crippen molar-refractivity contribution in [3.63, 3.8) is 0 Å². The zero-order valence-corrected chi connectivity index (χ0v) is 11.6. The van der Waals surface area contributed by atoms with Crippen LogP contribution in [0.2, 0.25) is 0 Å². The standard InChI is InChI=1S/C15H27NO2/c1-12-7-6-8-13(12)14(17)16-11-15(18)9-4-2-3-5-10-15/h12-13,18H,2-11H2,1H3,(H,16,17). The van der Waals surface area contributed by atoms with Gasteiger partial charge in [-0.05, 0) is 31.6 Å². The third-order valence-corrected chi connectivity index (χ3v) is 4.82. The highest BCUT2D eigenvalue weighted by Crippen LogP contribution is 2.31. The second-order valence-corrected chi connectivity index (χ2v) is 6.37. The molecule has 2 atom stereocenters. The highest BCUT2D eigenvalue weighted by atomic mass is 16.3. The molecule has 2 aliphatic carbocycles. The predicted octanol–water partition coefficient (Wildman–Crippen LogP) is 2.62. The maximum Gasteiger partial charge on any atom is 0.223 e. The van der Waals surface area contributed by atoms with Gasteiger partial charge in [-0.15, -0.1) is 0 Å². The van der Waals surface area contributed by atoms with E-state index in [4.69, 9.17) is 0 Å². The van der Waals surface area contributed by atoms with Gasteiger partial charge in [0.1, 0.15) is 0 Å². The molecule has 0 aromatic carbocycles. The van der Waals surface area contributed by atoms with E-state index in [0.29, 0.717) is 12.5 Å². The third kappa shape index (κ3) is 3.47. The van der Waals surface area contributed by atoms with Crippen molar-refractivity contribution in [3.05, 3.63) is 0 Å². The maximum atomic E-state index is 12.1. The van der Waals surface area contributed by atoms with Crippen LogP contribution in [-0.4, -0.2) is 23.2 Å². The fourth-order valence-corrected chi connectivity index (χ4v) is 3.48. The van der Waals surface area contributed by atoms with Crippen molar-refractivity contribution in [2.45, 2.75) is 70.3 Å². The molecule has 0 aromatic heterocycles. The minimum atomic E-state index is -0.645. The first-order chi connectivity index (χ1) is 8.61. The van der Waals surface area contributed by atoms with Crippen LogP contribution in [0.25, 0.3) is 0 Å². The average molecular weight is 253 g/mol. The topological polar surface area (TPSA) is 49.3 Å². The fourth-order valence-electron chi connectivity index (χ4n) is 3.48. The van der Waals surface area contributed by atoms with E-state index in [-0.39, 0.29) is 11.8 Å². The van der Waals surface area contributed by atoms with Gasteiger partial charge in [-0.1, -0.05) is 39.0 Å². The molecule has 2 N–H and O–H groups in total. The molecule has 2 unspecified atom stereocenters. The molecule has 1 amide bonds. The minimum Gasteiger partial charge on any atom is -0.388 e. The maximum absolute atomic E-state index is 12.1. The summed E-state index contributed by atoms with van der Waals surface area (Å²) in [6, 6.07) is 0. The Hall–Kier alpha value is -0.570. The second-order valence-electron chi connectivity index (χ2n) is 6.37. The van der Waals surface area contributed by atoms with Crippen LogP contribution in [0.1, 0.15) is 64.7 Å². The van der Waals surface area contributed by atoms with Crippen LogP contribution in [0.4, 0.5) is 0 Å². The number of nitrogens with one attached hydrogen (secondary N) is 1. The van der Waals surface area contributed by atoms with Crippen molar-refractivity contribution < 1.29 is 9.90 Å². The van der Waals surface area contributed by atoms with Crippen LogP contribution < -0.4 is 5.32 Å². The summed E-state index contributed by atoms with van der Waals surface area (Å²) >= 11 is 0. The van der Waals surface area contributed by atoms with Crippen molar-refractivity contribution in [2.75, 3.05) is 6.54 Å². The summed E-state index contributed by atoms with van der Waals surface area (Å²) in [6.45, 7) is 2.62. The van der Waals surface area contributed by atoms with Gasteiger partial charge < -0.3 is 10.4 Å². The quantitative estimate of drug-likeness (QED) is 0.760. The van der Waals surface area contributed by atoms with Crippen molar-refractivity contribution in [1.29, 1.82) is 0 Å². The summed E-state index contributed by atoms with van der Waals surface area (Å²) in [6.07, 6.45) is 9.66. The minimum absolute atomic E-state index is 0.165. The molecule has 0 saturated heterocycles. The molecule has 18 heavy (non-hydrogen) atoms. The second kappa shape index (κ2) is 6.05. The Kier molecular flexibility index (Phi) is 4.66. The molecular weight excluding hydrogens is 226 g/mol. The van der Waals surface area contributed by atoms with Crippen LogP contribution in [0.15, 0.2) is 0 Å². The van der Waals surface area contributed by atoms with E-state index < -0.39 is 5.60 Å². The fraction of sp³-hybridized carbons (Fsp3) is 0.933. The molecule has 0 bridgehead atoms. The highest BCUT2D eigenvalue weighted by molar-refractivity contribution is 5.79. The molecule has 3 nitrogen and oxygen atoms in total. The number of carbonyl (C=O) groups is 1. The molecule has 3 heteroatoms. The van der Waals surface area contributed by atoms with Crippen LogP contribution >= 0.6 is 0 Å². The van der Waals surface area contributed by atoms with Gasteiger partial charge in [-0.25, -0.2) is 0 Å². The Morgan fingerprint density at radius 3 is 2.39 bits per heavy atom. The van der Waals surface area contributed by atoms with Crippen LogP contribution in [0, 0.1) is 11.8 Å². The number of hydrogen-bond donors (Lipinski definition) is 2. The largest absolute Gasteiger partial charge is 0.388 e. The van der Waals surface area contributed by atoms with Crippen molar-refractivity contribution in [3.8, 4) is 0 Å². The van der Waals surface area contributed by atoms with E-state index in [1.807, 2.05) is 0 Å². The van der Waals surface area contributed by atoms with E-state index in [2.05, 4.69) is 12.2 Å². The lowest BCUT2D eigenvalue weighted by Crippen LogP contribution is -2.44. The Balaban J connectivity index is 1.80. The number of carbonyl (C=O) groups excluding carboxylic acids is 1. The molecule has 0 radical (unpaired) electrons. The summed E-state index contributed by atoms with van der Waals surface area (Å²) in [4.78, 5) is 12.1. The summed E-state index contributed by atoms with van der Waals surface area (Å²) in [5.74, 6) is 0.853. The first-order valence-electron chi connectivity index (χ1n) is 7.61. The summed E-state index contributed by atoms with van der Waals surface area (Å²) < 4.78 is 0. The van der Waals surface area contributed by atoms with Gasteiger partial charge in [-0.3, -0.25) is 4.79 Å². The molecule has 2 rings (SSSR count). The molecule has 0 aliphatic heterocycles. The smallest absolute Gasteiger partial charge is 0.223 e. The van der Waals surface area contributed by atoms with E-state index in [1.54, 1.807) is 0 Å². The molecule has 2 fully saturated rings. The Morgan fingerprint density at radius 1 is 1.17 bits per heavy atom. The average Bonchev–Trinajstić information content (AvgIpc) is 2.65. The number of aliphatic hydroxyl groups is 1.